The van der Waals surface area contributed by atoms with Crippen LogP contribution in [0.4, 0.5) is 11.4 Å². The molecule has 0 aliphatic rings. The monoisotopic (exact) mass is 298 g/mol. The van der Waals surface area contributed by atoms with Crippen molar-refractivity contribution in [3.8, 4) is 5.75 Å². The van der Waals surface area contributed by atoms with Gasteiger partial charge in [-0.2, -0.15) is 0 Å². The summed E-state index contributed by atoms with van der Waals surface area (Å²) in [4.78, 5) is 12.1. The molecule has 0 heterocycles. The van der Waals surface area contributed by atoms with E-state index in [2.05, 4.69) is 10.6 Å². The van der Waals surface area contributed by atoms with Gasteiger partial charge in [0.15, 0.2) is 0 Å². The third-order valence-corrected chi connectivity index (χ3v) is 3.45. The lowest BCUT2D eigenvalue weighted by atomic mass is 10.1. The van der Waals surface area contributed by atoms with Crippen LogP contribution in [0.15, 0.2) is 36.4 Å². The van der Waals surface area contributed by atoms with Crippen LogP contribution in [0.2, 0.25) is 0 Å². The van der Waals surface area contributed by atoms with Crippen LogP contribution in [-0.2, 0) is 4.79 Å². The number of nitrogens with one attached hydrogen (secondary N) is 2. The topological polar surface area (TPSA) is 50.4 Å². The van der Waals surface area contributed by atoms with Gasteiger partial charge >= 0.3 is 0 Å². The fraction of sp³-hybridized carbons (Fsp3) is 0.278. The Kier molecular flexibility index (Phi) is 5.04. The average Bonchev–Trinajstić information content (AvgIpc) is 2.48. The van der Waals surface area contributed by atoms with Crippen molar-refractivity contribution in [1.82, 2.24) is 0 Å². The van der Waals surface area contributed by atoms with Crippen LogP contribution in [0.5, 0.6) is 5.75 Å². The Morgan fingerprint density at radius 3 is 2.36 bits per heavy atom. The second-order valence-corrected chi connectivity index (χ2v) is 5.42. The van der Waals surface area contributed by atoms with Gasteiger partial charge in [0.1, 0.15) is 5.75 Å². The molecule has 2 N–H and O–H groups in total. The lowest BCUT2D eigenvalue weighted by molar-refractivity contribution is -0.114. The molecular formula is C18H22N2O2. The van der Waals surface area contributed by atoms with Crippen LogP contribution in [0.3, 0.4) is 0 Å². The highest BCUT2D eigenvalue weighted by Crippen LogP contribution is 2.25. The van der Waals surface area contributed by atoms with Gasteiger partial charge in [0.05, 0.1) is 19.3 Å². The number of hydrogen-bond acceptors (Lipinski definition) is 3. The number of rotatable bonds is 5. The zero-order chi connectivity index (χ0) is 16.1. The molecule has 2 aromatic carbocycles. The van der Waals surface area contributed by atoms with Gasteiger partial charge in [-0.05, 0) is 50.1 Å². The zero-order valence-electron chi connectivity index (χ0n) is 13.5. The van der Waals surface area contributed by atoms with Gasteiger partial charge in [0, 0.05) is 5.69 Å². The molecule has 4 nitrogen and oxygen atoms in total. The summed E-state index contributed by atoms with van der Waals surface area (Å²) in [7, 11) is 1.62. The Balaban J connectivity index is 2.00. The van der Waals surface area contributed by atoms with Crippen LogP contribution >= 0.6 is 0 Å². The molecule has 0 spiro atoms. The van der Waals surface area contributed by atoms with Crippen LogP contribution in [0.25, 0.3) is 0 Å². The summed E-state index contributed by atoms with van der Waals surface area (Å²) in [5.74, 6) is 0.639. The largest absolute Gasteiger partial charge is 0.495 e. The molecule has 0 radical (unpaired) electrons. The second kappa shape index (κ2) is 6.98. The number of amides is 1. The Bertz CT molecular complexity index is 681. The molecule has 2 rings (SSSR count). The standard InChI is InChI=1S/C18H22N2O2/c1-12-5-7-15(14(3)9-12)20-18(21)11-19-16-10-13(2)6-8-17(16)22-4/h5-10,19H,11H2,1-4H3,(H,20,21). The van der Waals surface area contributed by atoms with Gasteiger partial charge in [-0.25, -0.2) is 0 Å². The van der Waals surface area contributed by atoms with Crippen molar-refractivity contribution in [2.75, 3.05) is 24.3 Å². The Labute approximate surface area is 131 Å². The van der Waals surface area contributed by atoms with Crippen molar-refractivity contribution in [3.63, 3.8) is 0 Å². The highest BCUT2D eigenvalue weighted by Gasteiger charge is 2.07. The minimum Gasteiger partial charge on any atom is -0.495 e. The first-order chi connectivity index (χ1) is 10.5. The lowest BCUT2D eigenvalue weighted by Crippen LogP contribution is -2.22. The molecule has 0 aliphatic heterocycles. The summed E-state index contributed by atoms with van der Waals surface area (Å²) in [5, 5.41) is 6.04. The average molecular weight is 298 g/mol. The predicted octanol–water partition coefficient (Wildman–Crippen LogP) is 3.67. The first-order valence-electron chi connectivity index (χ1n) is 7.25. The predicted molar refractivity (Wildman–Crippen MR) is 90.8 cm³/mol. The lowest BCUT2D eigenvalue weighted by Gasteiger charge is -2.13. The number of aryl methyl sites for hydroxylation is 3. The van der Waals surface area contributed by atoms with Crippen molar-refractivity contribution in [3.05, 3.63) is 53.1 Å². The summed E-state index contributed by atoms with van der Waals surface area (Å²) in [6.45, 7) is 6.21. The van der Waals surface area contributed by atoms with E-state index in [0.717, 1.165) is 28.3 Å². The number of carbonyl (C=O) groups excluding carboxylic acids is 1. The van der Waals surface area contributed by atoms with Gasteiger partial charge in [0.25, 0.3) is 0 Å². The molecule has 0 fully saturated rings. The summed E-state index contributed by atoms with van der Waals surface area (Å²) >= 11 is 0. The molecule has 0 saturated heterocycles. The van der Waals surface area contributed by atoms with Crippen LogP contribution in [0, 0.1) is 20.8 Å². The molecule has 0 aliphatic carbocycles. The molecule has 0 aromatic heterocycles. The van der Waals surface area contributed by atoms with Gasteiger partial charge in [-0.1, -0.05) is 23.8 Å². The quantitative estimate of drug-likeness (QED) is 0.885. The Morgan fingerprint density at radius 2 is 1.68 bits per heavy atom. The minimum atomic E-state index is -0.0875. The van der Waals surface area contributed by atoms with Crippen molar-refractivity contribution in [2.24, 2.45) is 0 Å². The summed E-state index contributed by atoms with van der Waals surface area (Å²) < 4.78 is 5.29. The molecule has 116 valence electrons. The molecule has 0 saturated carbocycles. The first-order valence-corrected chi connectivity index (χ1v) is 7.25. The molecule has 22 heavy (non-hydrogen) atoms. The van der Waals surface area contributed by atoms with E-state index in [1.165, 1.54) is 5.56 Å². The maximum Gasteiger partial charge on any atom is 0.243 e. The molecule has 1 amide bonds. The fourth-order valence-electron chi connectivity index (χ4n) is 2.28. The SMILES string of the molecule is COc1ccc(C)cc1NCC(=O)Nc1ccc(C)cc1C. The van der Waals surface area contributed by atoms with E-state index in [-0.39, 0.29) is 12.5 Å². The third kappa shape index (κ3) is 4.01. The van der Waals surface area contributed by atoms with E-state index < -0.39 is 0 Å². The number of ether oxygens (including phenoxy) is 1. The van der Waals surface area contributed by atoms with Crippen molar-refractivity contribution in [2.45, 2.75) is 20.8 Å². The number of benzene rings is 2. The van der Waals surface area contributed by atoms with E-state index in [9.17, 15) is 4.79 Å². The first kappa shape index (κ1) is 15.9. The van der Waals surface area contributed by atoms with E-state index in [4.69, 9.17) is 4.74 Å². The van der Waals surface area contributed by atoms with E-state index in [1.54, 1.807) is 7.11 Å². The second-order valence-electron chi connectivity index (χ2n) is 5.42. The van der Waals surface area contributed by atoms with Crippen molar-refractivity contribution >= 4 is 17.3 Å². The van der Waals surface area contributed by atoms with Gasteiger partial charge in [-0.15, -0.1) is 0 Å². The highest BCUT2D eigenvalue weighted by atomic mass is 16.5. The van der Waals surface area contributed by atoms with Gasteiger partial charge in [0.2, 0.25) is 5.91 Å². The molecule has 0 atom stereocenters. The number of anilines is 2. The molecule has 0 unspecified atom stereocenters. The van der Waals surface area contributed by atoms with Gasteiger partial charge in [-0.3, -0.25) is 4.79 Å². The van der Waals surface area contributed by atoms with Gasteiger partial charge < -0.3 is 15.4 Å². The van der Waals surface area contributed by atoms with E-state index in [0.29, 0.717) is 0 Å². The maximum absolute atomic E-state index is 12.1. The highest BCUT2D eigenvalue weighted by molar-refractivity contribution is 5.94. The van der Waals surface area contributed by atoms with E-state index in [1.807, 2.05) is 57.2 Å². The molecule has 0 bridgehead atoms. The summed E-state index contributed by atoms with van der Waals surface area (Å²) in [5.41, 5.74) is 5.00. The smallest absolute Gasteiger partial charge is 0.243 e. The molecule has 4 heteroatoms. The summed E-state index contributed by atoms with van der Waals surface area (Å²) in [6, 6.07) is 11.8. The maximum atomic E-state index is 12.1. The number of carbonyl (C=O) groups is 1. The van der Waals surface area contributed by atoms with Crippen LogP contribution < -0.4 is 15.4 Å². The van der Waals surface area contributed by atoms with E-state index >= 15 is 0 Å². The van der Waals surface area contributed by atoms with Crippen molar-refractivity contribution < 1.29 is 9.53 Å². The number of methoxy groups -OCH3 is 1. The molecule has 2 aromatic rings. The summed E-state index contributed by atoms with van der Waals surface area (Å²) in [6.07, 6.45) is 0. The number of hydrogen-bond donors (Lipinski definition) is 2. The third-order valence-electron chi connectivity index (χ3n) is 3.45. The Morgan fingerprint density at radius 1 is 1.00 bits per heavy atom. The van der Waals surface area contributed by atoms with Crippen LogP contribution in [-0.4, -0.2) is 19.6 Å². The fourth-order valence-corrected chi connectivity index (χ4v) is 2.28. The minimum absolute atomic E-state index is 0.0875. The molecular weight excluding hydrogens is 276 g/mol. The zero-order valence-corrected chi connectivity index (χ0v) is 13.5. The van der Waals surface area contributed by atoms with Crippen LogP contribution in [0.1, 0.15) is 16.7 Å². The van der Waals surface area contributed by atoms with Crippen molar-refractivity contribution in [1.29, 1.82) is 0 Å². The Hall–Kier alpha value is -2.49. The normalized spacial score (nSPS) is 10.2.